The fraction of sp³-hybridized carbons (Fsp3) is 0.176. The number of nitriles is 1. The first kappa shape index (κ1) is 14.8. The van der Waals surface area contributed by atoms with Crippen LogP contribution < -0.4 is 5.32 Å². The molecule has 0 bridgehead atoms. The van der Waals surface area contributed by atoms with Crippen molar-refractivity contribution in [3.05, 3.63) is 71.3 Å². The highest BCUT2D eigenvalue weighted by atomic mass is 16.4. The molecule has 0 amide bonds. The lowest BCUT2D eigenvalue weighted by Gasteiger charge is -2.21. The van der Waals surface area contributed by atoms with Crippen LogP contribution in [0, 0.1) is 11.3 Å². The highest BCUT2D eigenvalue weighted by molar-refractivity contribution is 5.75. The van der Waals surface area contributed by atoms with Gasteiger partial charge in [0.1, 0.15) is 6.04 Å². The lowest BCUT2D eigenvalue weighted by Crippen LogP contribution is -2.30. The van der Waals surface area contributed by atoms with E-state index in [0.717, 1.165) is 5.56 Å². The summed E-state index contributed by atoms with van der Waals surface area (Å²) in [5, 5.41) is 21.4. The topological polar surface area (TPSA) is 73.1 Å². The third-order valence-corrected chi connectivity index (χ3v) is 3.31. The van der Waals surface area contributed by atoms with Crippen LogP contribution in [-0.2, 0) is 4.79 Å². The molecule has 2 unspecified atom stereocenters. The Bertz CT molecular complexity index is 662. The Labute approximate surface area is 123 Å². The van der Waals surface area contributed by atoms with Crippen LogP contribution in [0.15, 0.2) is 54.6 Å². The second kappa shape index (κ2) is 6.69. The normalized spacial score (nSPS) is 13.1. The Morgan fingerprint density at radius 2 is 1.81 bits per heavy atom. The molecule has 106 valence electrons. The third-order valence-electron chi connectivity index (χ3n) is 3.31. The van der Waals surface area contributed by atoms with Crippen molar-refractivity contribution in [2.24, 2.45) is 0 Å². The Morgan fingerprint density at radius 1 is 1.14 bits per heavy atom. The van der Waals surface area contributed by atoms with Crippen LogP contribution in [0.25, 0.3) is 0 Å². The Balaban J connectivity index is 2.21. The molecule has 0 aliphatic heterocycles. The number of carbonyl (C=O) groups is 1. The second-order valence-electron chi connectivity index (χ2n) is 4.81. The van der Waals surface area contributed by atoms with Gasteiger partial charge < -0.3 is 5.11 Å². The van der Waals surface area contributed by atoms with Crippen LogP contribution in [0.4, 0.5) is 0 Å². The lowest BCUT2D eigenvalue weighted by molar-refractivity contribution is -0.139. The molecular formula is C17H16N2O2. The van der Waals surface area contributed by atoms with Crippen LogP contribution in [0.3, 0.4) is 0 Å². The summed E-state index contributed by atoms with van der Waals surface area (Å²) in [6.45, 7) is 1.88. The predicted molar refractivity (Wildman–Crippen MR) is 79.5 cm³/mol. The van der Waals surface area contributed by atoms with Crippen molar-refractivity contribution in [3.8, 4) is 6.07 Å². The number of carboxylic acids is 1. The molecule has 0 heterocycles. The Hall–Kier alpha value is -2.64. The number of rotatable bonds is 5. The molecule has 2 atom stereocenters. The summed E-state index contributed by atoms with van der Waals surface area (Å²) in [4.78, 5) is 11.5. The zero-order valence-electron chi connectivity index (χ0n) is 11.7. The summed E-state index contributed by atoms with van der Waals surface area (Å²) < 4.78 is 0. The molecule has 0 saturated carbocycles. The number of nitrogens with zero attached hydrogens (tertiary/aromatic N) is 1. The van der Waals surface area contributed by atoms with Crippen LogP contribution in [0.1, 0.15) is 35.7 Å². The van der Waals surface area contributed by atoms with Gasteiger partial charge in [-0.25, -0.2) is 0 Å². The van der Waals surface area contributed by atoms with Gasteiger partial charge in [-0.3, -0.25) is 10.1 Å². The first-order valence-corrected chi connectivity index (χ1v) is 6.65. The average Bonchev–Trinajstić information content (AvgIpc) is 2.53. The summed E-state index contributed by atoms with van der Waals surface area (Å²) >= 11 is 0. The van der Waals surface area contributed by atoms with Gasteiger partial charge in [-0.2, -0.15) is 5.26 Å². The summed E-state index contributed by atoms with van der Waals surface area (Å²) in [6, 6.07) is 17.3. The molecular weight excluding hydrogens is 264 g/mol. The standard InChI is InChI=1S/C17H16N2O2/c1-12(15-9-5-6-13(10-15)11-18)19-16(17(20)21)14-7-3-2-4-8-14/h2-10,12,16,19H,1H3,(H,20,21). The van der Waals surface area contributed by atoms with Crippen molar-refractivity contribution < 1.29 is 9.90 Å². The average molecular weight is 280 g/mol. The smallest absolute Gasteiger partial charge is 0.325 e. The minimum Gasteiger partial charge on any atom is -0.480 e. The van der Waals surface area contributed by atoms with Gasteiger partial charge in [-0.05, 0) is 30.2 Å². The highest BCUT2D eigenvalue weighted by Gasteiger charge is 2.22. The SMILES string of the molecule is CC(NC(C(=O)O)c1ccccc1)c1cccc(C#N)c1. The van der Waals surface area contributed by atoms with Crippen molar-refractivity contribution in [3.63, 3.8) is 0 Å². The maximum absolute atomic E-state index is 11.5. The van der Waals surface area contributed by atoms with Gasteiger partial charge in [0.15, 0.2) is 0 Å². The Kier molecular flexibility index (Phi) is 4.70. The van der Waals surface area contributed by atoms with E-state index >= 15 is 0 Å². The third kappa shape index (κ3) is 3.68. The second-order valence-corrected chi connectivity index (χ2v) is 4.81. The van der Waals surface area contributed by atoms with Crippen molar-refractivity contribution in [2.75, 3.05) is 0 Å². The number of benzene rings is 2. The fourth-order valence-electron chi connectivity index (χ4n) is 2.18. The number of hydrogen-bond acceptors (Lipinski definition) is 3. The fourth-order valence-corrected chi connectivity index (χ4v) is 2.18. The first-order chi connectivity index (χ1) is 10.1. The number of hydrogen-bond donors (Lipinski definition) is 2. The van der Waals surface area contributed by atoms with E-state index in [1.165, 1.54) is 0 Å². The van der Waals surface area contributed by atoms with Gasteiger partial charge in [-0.15, -0.1) is 0 Å². The molecule has 0 aromatic heterocycles. The molecule has 21 heavy (non-hydrogen) atoms. The highest BCUT2D eigenvalue weighted by Crippen LogP contribution is 2.20. The molecule has 4 nitrogen and oxygen atoms in total. The molecule has 4 heteroatoms. The monoisotopic (exact) mass is 280 g/mol. The summed E-state index contributed by atoms with van der Waals surface area (Å²) in [5.74, 6) is -0.926. The predicted octanol–water partition coefficient (Wildman–Crippen LogP) is 3.03. The minimum atomic E-state index is -0.926. The zero-order valence-corrected chi connectivity index (χ0v) is 11.7. The van der Waals surface area contributed by atoms with E-state index in [9.17, 15) is 9.90 Å². The number of carboxylic acid groups (broad SMARTS) is 1. The summed E-state index contributed by atoms with van der Waals surface area (Å²) in [5.41, 5.74) is 2.15. The van der Waals surface area contributed by atoms with Crippen molar-refractivity contribution >= 4 is 5.97 Å². The Morgan fingerprint density at radius 3 is 2.43 bits per heavy atom. The minimum absolute atomic E-state index is 0.181. The van der Waals surface area contributed by atoms with Crippen LogP contribution in [0.2, 0.25) is 0 Å². The summed E-state index contributed by atoms with van der Waals surface area (Å²) in [6.07, 6.45) is 0. The van der Waals surface area contributed by atoms with Gasteiger partial charge in [0.05, 0.1) is 11.6 Å². The van der Waals surface area contributed by atoms with Crippen LogP contribution in [0.5, 0.6) is 0 Å². The van der Waals surface area contributed by atoms with E-state index in [2.05, 4.69) is 11.4 Å². The number of nitrogens with one attached hydrogen (secondary N) is 1. The van der Waals surface area contributed by atoms with E-state index in [1.807, 2.05) is 31.2 Å². The molecule has 0 radical (unpaired) electrons. The largest absolute Gasteiger partial charge is 0.480 e. The van der Waals surface area contributed by atoms with Crippen molar-refractivity contribution in [2.45, 2.75) is 19.0 Å². The zero-order chi connectivity index (χ0) is 15.2. The van der Waals surface area contributed by atoms with Gasteiger partial charge >= 0.3 is 5.97 Å². The van der Waals surface area contributed by atoms with Crippen molar-refractivity contribution in [1.29, 1.82) is 5.26 Å². The quantitative estimate of drug-likeness (QED) is 0.883. The van der Waals surface area contributed by atoms with Gasteiger partial charge in [0.2, 0.25) is 0 Å². The molecule has 0 spiro atoms. The molecule has 2 aromatic carbocycles. The van der Waals surface area contributed by atoms with Gasteiger partial charge in [-0.1, -0.05) is 42.5 Å². The summed E-state index contributed by atoms with van der Waals surface area (Å²) in [7, 11) is 0. The van der Waals surface area contributed by atoms with E-state index < -0.39 is 12.0 Å². The molecule has 0 fully saturated rings. The van der Waals surface area contributed by atoms with Gasteiger partial charge in [0, 0.05) is 6.04 Å². The lowest BCUT2D eigenvalue weighted by atomic mass is 10.0. The van der Waals surface area contributed by atoms with Crippen molar-refractivity contribution in [1.82, 2.24) is 5.32 Å². The van der Waals surface area contributed by atoms with Crippen LogP contribution >= 0.6 is 0 Å². The first-order valence-electron chi connectivity index (χ1n) is 6.65. The maximum Gasteiger partial charge on any atom is 0.325 e. The number of aliphatic carboxylic acids is 1. The van der Waals surface area contributed by atoms with E-state index in [-0.39, 0.29) is 6.04 Å². The van der Waals surface area contributed by atoms with E-state index in [1.54, 1.807) is 30.3 Å². The molecule has 2 rings (SSSR count). The molecule has 2 aromatic rings. The van der Waals surface area contributed by atoms with E-state index in [0.29, 0.717) is 11.1 Å². The van der Waals surface area contributed by atoms with Gasteiger partial charge in [0.25, 0.3) is 0 Å². The van der Waals surface area contributed by atoms with E-state index in [4.69, 9.17) is 5.26 Å². The van der Waals surface area contributed by atoms with Crippen LogP contribution in [-0.4, -0.2) is 11.1 Å². The molecule has 2 N–H and O–H groups in total. The molecule has 0 aliphatic carbocycles. The molecule has 0 aliphatic rings. The molecule has 0 saturated heterocycles. The maximum atomic E-state index is 11.5.